The van der Waals surface area contributed by atoms with E-state index in [2.05, 4.69) is 16.4 Å². The van der Waals surface area contributed by atoms with Gasteiger partial charge < -0.3 is 14.5 Å². The maximum atomic E-state index is 12.1. The average Bonchev–Trinajstić information content (AvgIpc) is 3.21. The van der Waals surface area contributed by atoms with Crippen LogP contribution in [-0.2, 0) is 4.79 Å². The summed E-state index contributed by atoms with van der Waals surface area (Å²) in [5, 5.41) is 12.3. The van der Waals surface area contributed by atoms with Crippen molar-refractivity contribution >= 4 is 34.3 Å². The van der Waals surface area contributed by atoms with Crippen molar-refractivity contribution in [2.45, 2.75) is 6.92 Å². The fourth-order valence-electron chi connectivity index (χ4n) is 3.02. The van der Waals surface area contributed by atoms with Gasteiger partial charge in [-0.3, -0.25) is 4.79 Å². The van der Waals surface area contributed by atoms with Crippen LogP contribution in [0.1, 0.15) is 17.0 Å². The Kier molecular flexibility index (Phi) is 5.77. The summed E-state index contributed by atoms with van der Waals surface area (Å²) in [5.74, 6) is 0.589. The first-order valence-electron chi connectivity index (χ1n) is 9.68. The SMILES string of the molecule is Cc1cccc(NC(=O)COc2ccc(/C=C(\C#N)c3nc4ccccc4o3)cc2)c1. The van der Waals surface area contributed by atoms with Crippen LogP contribution < -0.4 is 10.1 Å². The van der Waals surface area contributed by atoms with Gasteiger partial charge in [0, 0.05) is 5.69 Å². The molecule has 0 saturated carbocycles. The molecule has 31 heavy (non-hydrogen) atoms. The lowest BCUT2D eigenvalue weighted by molar-refractivity contribution is -0.118. The lowest BCUT2D eigenvalue weighted by Crippen LogP contribution is -2.20. The number of anilines is 1. The summed E-state index contributed by atoms with van der Waals surface area (Å²) in [6.07, 6.45) is 1.69. The van der Waals surface area contributed by atoms with Gasteiger partial charge in [0.15, 0.2) is 12.2 Å². The zero-order valence-corrected chi connectivity index (χ0v) is 16.8. The smallest absolute Gasteiger partial charge is 0.262 e. The van der Waals surface area contributed by atoms with Crippen molar-refractivity contribution in [2.24, 2.45) is 0 Å². The Morgan fingerprint density at radius 2 is 1.94 bits per heavy atom. The minimum atomic E-state index is -0.239. The summed E-state index contributed by atoms with van der Waals surface area (Å²) in [6, 6.07) is 24.1. The Bertz CT molecular complexity index is 1260. The van der Waals surface area contributed by atoms with Crippen LogP contribution in [0.25, 0.3) is 22.7 Å². The molecule has 1 N–H and O–H groups in total. The first-order valence-corrected chi connectivity index (χ1v) is 9.68. The van der Waals surface area contributed by atoms with Crippen molar-refractivity contribution in [1.82, 2.24) is 4.98 Å². The molecular weight excluding hydrogens is 390 g/mol. The third-order valence-electron chi connectivity index (χ3n) is 4.51. The fourth-order valence-corrected chi connectivity index (χ4v) is 3.02. The quantitative estimate of drug-likeness (QED) is 0.441. The summed E-state index contributed by atoms with van der Waals surface area (Å²) in [5.41, 5.74) is 4.24. The molecule has 4 aromatic rings. The van der Waals surface area contributed by atoms with E-state index in [9.17, 15) is 10.1 Å². The van der Waals surface area contributed by atoms with E-state index >= 15 is 0 Å². The maximum Gasteiger partial charge on any atom is 0.262 e. The number of allylic oxidation sites excluding steroid dienone is 1. The Morgan fingerprint density at radius 3 is 2.68 bits per heavy atom. The number of hydrogen-bond acceptors (Lipinski definition) is 5. The Balaban J connectivity index is 1.40. The summed E-state index contributed by atoms with van der Waals surface area (Å²) >= 11 is 0. The third-order valence-corrected chi connectivity index (χ3v) is 4.51. The van der Waals surface area contributed by atoms with Crippen LogP contribution in [0.4, 0.5) is 5.69 Å². The molecule has 0 aliphatic rings. The van der Waals surface area contributed by atoms with Crippen molar-refractivity contribution < 1.29 is 13.9 Å². The van der Waals surface area contributed by atoms with Crippen LogP contribution >= 0.6 is 0 Å². The number of nitrogens with zero attached hydrogens (tertiary/aromatic N) is 2. The number of aryl methyl sites for hydroxylation is 1. The third kappa shape index (κ3) is 4.98. The number of para-hydroxylation sites is 2. The van der Waals surface area contributed by atoms with Crippen molar-refractivity contribution in [1.29, 1.82) is 5.26 Å². The van der Waals surface area contributed by atoms with Crippen molar-refractivity contribution in [2.75, 3.05) is 11.9 Å². The van der Waals surface area contributed by atoms with E-state index < -0.39 is 0 Å². The van der Waals surface area contributed by atoms with Gasteiger partial charge in [0.2, 0.25) is 5.89 Å². The molecule has 0 unspecified atom stereocenters. The highest BCUT2D eigenvalue weighted by atomic mass is 16.5. The minimum absolute atomic E-state index is 0.102. The summed E-state index contributed by atoms with van der Waals surface area (Å²) < 4.78 is 11.2. The largest absolute Gasteiger partial charge is 0.484 e. The number of nitrogens with one attached hydrogen (secondary N) is 1. The van der Waals surface area contributed by atoms with E-state index in [0.29, 0.717) is 22.4 Å². The summed E-state index contributed by atoms with van der Waals surface area (Å²) in [6.45, 7) is 1.86. The molecule has 3 aromatic carbocycles. The van der Waals surface area contributed by atoms with Gasteiger partial charge in [0.1, 0.15) is 22.9 Å². The van der Waals surface area contributed by atoms with Crippen molar-refractivity contribution in [3.8, 4) is 11.8 Å². The van der Waals surface area contributed by atoms with E-state index in [1.807, 2.05) is 55.5 Å². The summed E-state index contributed by atoms with van der Waals surface area (Å²) in [4.78, 5) is 16.4. The number of nitriles is 1. The van der Waals surface area contributed by atoms with Gasteiger partial charge in [-0.25, -0.2) is 4.98 Å². The summed E-state index contributed by atoms with van der Waals surface area (Å²) in [7, 11) is 0. The Hall–Kier alpha value is -4.37. The number of benzene rings is 3. The van der Waals surface area contributed by atoms with E-state index in [4.69, 9.17) is 9.15 Å². The van der Waals surface area contributed by atoms with Crippen LogP contribution in [-0.4, -0.2) is 17.5 Å². The predicted octanol–water partition coefficient (Wildman–Crippen LogP) is 5.22. The first kappa shape index (κ1) is 19.9. The molecule has 0 saturated heterocycles. The molecule has 0 aliphatic carbocycles. The lowest BCUT2D eigenvalue weighted by atomic mass is 10.1. The van der Waals surface area contributed by atoms with Gasteiger partial charge in [-0.15, -0.1) is 0 Å². The number of amides is 1. The topological polar surface area (TPSA) is 88.1 Å². The van der Waals surface area contributed by atoms with Crippen LogP contribution in [0.15, 0.2) is 77.2 Å². The highest BCUT2D eigenvalue weighted by Gasteiger charge is 2.10. The minimum Gasteiger partial charge on any atom is -0.484 e. The monoisotopic (exact) mass is 409 g/mol. The number of carbonyl (C=O) groups excluding carboxylic acids is 1. The standard InChI is InChI=1S/C25H19N3O3/c1-17-5-4-6-20(13-17)27-24(29)16-30-21-11-9-18(10-12-21)14-19(15-26)25-28-22-7-2-3-8-23(22)31-25/h2-14H,16H2,1H3,(H,27,29)/b19-14+. The molecule has 1 heterocycles. The second-order valence-corrected chi connectivity index (χ2v) is 6.93. The molecule has 0 spiro atoms. The second-order valence-electron chi connectivity index (χ2n) is 6.93. The molecule has 0 atom stereocenters. The van der Waals surface area contributed by atoms with Crippen LogP contribution in [0.5, 0.6) is 5.75 Å². The number of ether oxygens (including phenoxy) is 1. The van der Waals surface area contributed by atoms with Crippen molar-refractivity contribution in [3.05, 3.63) is 89.8 Å². The molecule has 0 aliphatic heterocycles. The van der Waals surface area contributed by atoms with E-state index in [-0.39, 0.29) is 18.4 Å². The van der Waals surface area contributed by atoms with Crippen LogP contribution in [0.2, 0.25) is 0 Å². The number of carbonyl (C=O) groups is 1. The van der Waals surface area contributed by atoms with E-state index in [1.54, 1.807) is 30.3 Å². The molecular formula is C25H19N3O3. The van der Waals surface area contributed by atoms with Gasteiger partial charge >= 0.3 is 0 Å². The lowest BCUT2D eigenvalue weighted by Gasteiger charge is -2.08. The fraction of sp³-hybridized carbons (Fsp3) is 0.0800. The molecule has 0 radical (unpaired) electrons. The predicted molar refractivity (Wildman–Crippen MR) is 119 cm³/mol. The molecule has 1 amide bonds. The molecule has 4 rings (SSSR count). The molecule has 0 bridgehead atoms. The first-order chi connectivity index (χ1) is 15.1. The molecule has 6 nitrogen and oxygen atoms in total. The number of hydrogen-bond donors (Lipinski definition) is 1. The maximum absolute atomic E-state index is 12.1. The Morgan fingerprint density at radius 1 is 1.13 bits per heavy atom. The molecule has 6 heteroatoms. The number of rotatable bonds is 6. The number of aromatic nitrogens is 1. The number of oxazole rings is 1. The van der Waals surface area contributed by atoms with Crippen molar-refractivity contribution in [3.63, 3.8) is 0 Å². The zero-order valence-electron chi connectivity index (χ0n) is 16.8. The van der Waals surface area contributed by atoms with Gasteiger partial charge in [-0.1, -0.05) is 36.4 Å². The van der Waals surface area contributed by atoms with Crippen LogP contribution in [0, 0.1) is 18.3 Å². The average molecular weight is 409 g/mol. The second kappa shape index (κ2) is 8.97. The van der Waals surface area contributed by atoms with Gasteiger partial charge in [0.05, 0.1) is 0 Å². The number of fused-ring (bicyclic) bond motifs is 1. The molecule has 0 fully saturated rings. The zero-order chi connectivity index (χ0) is 21.6. The molecule has 152 valence electrons. The highest BCUT2D eigenvalue weighted by Crippen LogP contribution is 2.23. The molecule has 1 aromatic heterocycles. The van der Waals surface area contributed by atoms with E-state index in [0.717, 1.165) is 16.8 Å². The van der Waals surface area contributed by atoms with Gasteiger partial charge in [-0.2, -0.15) is 5.26 Å². The van der Waals surface area contributed by atoms with Gasteiger partial charge in [-0.05, 0) is 60.5 Å². The Labute approximate surface area is 179 Å². The van der Waals surface area contributed by atoms with Gasteiger partial charge in [0.25, 0.3) is 5.91 Å². The normalized spacial score (nSPS) is 11.2. The van der Waals surface area contributed by atoms with E-state index in [1.165, 1.54) is 0 Å². The van der Waals surface area contributed by atoms with Crippen LogP contribution in [0.3, 0.4) is 0 Å². The highest BCUT2D eigenvalue weighted by molar-refractivity contribution is 5.92.